The van der Waals surface area contributed by atoms with Gasteiger partial charge in [0.1, 0.15) is 11.2 Å². The Balaban J connectivity index is 0.905. The summed E-state index contributed by atoms with van der Waals surface area (Å²) in [5, 5.41) is 2.30. The number of benzene rings is 8. The van der Waals surface area contributed by atoms with E-state index in [-0.39, 0.29) is 10.8 Å². The lowest BCUT2D eigenvalue weighted by atomic mass is 9.49. The molecule has 9 aromatic rings. The Labute approximate surface area is 395 Å². The monoisotopic (exact) mass is 867 g/mol. The number of nitrogens with zero attached hydrogens (tertiary/aromatic N) is 1. The van der Waals surface area contributed by atoms with Crippen molar-refractivity contribution >= 4 is 39.0 Å². The molecule has 2 bridgehead atoms. The van der Waals surface area contributed by atoms with Crippen LogP contribution in [0.5, 0.6) is 0 Å². The van der Waals surface area contributed by atoms with E-state index in [1.165, 1.54) is 119 Å². The minimum absolute atomic E-state index is 0.0637. The highest BCUT2D eigenvalue weighted by molar-refractivity contribution is 6.08. The van der Waals surface area contributed by atoms with Gasteiger partial charge in [0.05, 0.1) is 0 Å². The van der Waals surface area contributed by atoms with Crippen molar-refractivity contribution in [1.82, 2.24) is 0 Å². The van der Waals surface area contributed by atoms with Crippen LogP contribution in [0.15, 0.2) is 180 Å². The Morgan fingerprint density at radius 3 is 1.84 bits per heavy atom. The Hall–Kier alpha value is -6.64. The third-order valence-electron chi connectivity index (χ3n) is 17.8. The van der Waals surface area contributed by atoms with Crippen molar-refractivity contribution in [2.45, 2.75) is 82.5 Å². The van der Waals surface area contributed by atoms with Gasteiger partial charge in [-0.05, 0) is 190 Å². The summed E-state index contributed by atoms with van der Waals surface area (Å²) in [6.45, 7) is 5.08. The lowest BCUT2D eigenvalue weighted by Gasteiger charge is -2.54. The van der Waals surface area contributed by atoms with E-state index in [4.69, 9.17) is 4.42 Å². The van der Waals surface area contributed by atoms with Crippen LogP contribution < -0.4 is 4.90 Å². The standard InChI is InChI=1S/C65H57NO/c1-41-33-43-35-42(2)65(48(34-41)36-43)59-18-10-8-16-53(59)55-27-21-47(38-61(55)65)46-22-29-62-56(37-46)57-39-50(26-30-63(57)67-62)66(49-23-19-45(20-24-49)44-13-5-3-6-14-44)51-25-28-54-52-15-7-9-17-58(52)64(60(54)40-51)31-11-4-12-32-64/h3,5-10,13-30,37-43,48H,4,11-12,31-36H2,1-2H3/t41-,42+,43?,48?,65-/m1/s1. The van der Waals surface area contributed by atoms with Crippen molar-refractivity contribution < 1.29 is 4.42 Å². The van der Waals surface area contributed by atoms with Crippen molar-refractivity contribution in [2.24, 2.45) is 23.7 Å². The molecule has 5 aliphatic carbocycles. The van der Waals surface area contributed by atoms with Gasteiger partial charge < -0.3 is 9.32 Å². The van der Waals surface area contributed by atoms with E-state index in [1.807, 2.05) is 0 Å². The van der Waals surface area contributed by atoms with E-state index in [1.54, 1.807) is 11.1 Å². The zero-order chi connectivity index (χ0) is 44.4. The molecular weight excluding hydrogens is 811 g/mol. The van der Waals surface area contributed by atoms with Crippen LogP contribution in [0, 0.1) is 23.7 Å². The summed E-state index contributed by atoms with van der Waals surface area (Å²) in [6, 6.07) is 67.0. The second kappa shape index (κ2) is 14.9. The van der Waals surface area contributed by atoms with Gasteiger partial charge in [0.15, 0.2) is 0 Å². The molecule has 2 heteroatoms. The maximum absolute atomic E-state index is 6.68. The Morgan fingerprint density at radius 1 is 0.433 bits per heavy atom. The predicted molar refractivity (Wildman–Crippen MR) is 279 cm³/mol. The molecule has 14 rings (SSSR count). The Kier molecular flexibility index (Phi) is 8.81. The molecule has 1 heterocycles. The molecule has 3 fully saturated rings. The van der Waals surface area contributed by atoms with E-state index >= 15 is 0 Å². The summed E-state index contributed by atoms with van der Waals surface area (Å²) in [6.07, 6.45) is 11.7. The van der Waals surface area contributed by atoms with Crippen molar-refractivity contribution in [3.63, 3.8) is 0 Å². The van der Waals surface area contributed by atoms with Crippen LogP contribution in [0.2, 0.25) is 0 Å². The largest absolute Gasteiger partial charge is 0.456 e. The van der Waals surface area contributed by atoms with Gasteiger partial charge in [0.2, 0.25) is 0 Å². The van der Waals surface area contributed by atoms with Crippen molar-refractivity contribution in [3.8, 4) is 44.5 Å². The third kappa shape index (κ3) is 5.81. The number of hydrogen-bond acceptors (Lipinski definition) is 2. The topological polar surface area (TPSA) is 16.4 Å². The van der Waals surface area contributed by atoms with Gasteiger partial charge in [0, 0.05) is 38.7 Å². The fraction of sp³-hybridized carbons (Fsp3) is 0.262. The van der Waals surface area contributed by atoms with Crippen molar-refractivity contribution in [1.29, 1.82) is 0 Å². The molecule has 0 saturated heterocycles. The average Bonchev–Trinajstić information content (AvgIpc) is 3.98. The fourth-order valence-electron chi connectivity index (χ4n) is 15.1. The third-order valence-corrected chi connectivity index (χ3v) is 17.8. The molecule has 2 unspecified atom stereocenters. The minimum atomic E-state index is 0.0637. The first-order valence-electron chi connectivity index (χ1n) is 25.4. The van der Waals surface area contributed by atoms with Crippen LogP contribution in [0.1, 0.15) is 93.9 Å². The molecule has 0 radical (unpaired) electrons. The van der Waals surface area contributed by atoms with E-state index in [0.29, 0.717) is 11.8 Å². The van der Waals surface area contributed by atoms with E-state index in [2.05, 4.69) is 195 Å². The quantitative estimate of drug-likeness (QED) is 0.171. The first-order chi connectivity index (χ1) is 33.0. The molecule has 1 aromatic heterocycles. The molecule has 0 N–H and O–H groups in total. The molecule has 8 aromatic carbocycles. The molecular formula is C65H57NO. The summed E-state index contributed by atoms with van der Waals surface area (Å²) in [5.41, 5.74) is 22.3. The van der Waals surface area contributed by atoms with Crippen LogP contribution in [0.4, 0.5) is 17.1 Å². The smallest absolute Gasteiger partial charge is 0.135 e. The fourth-order valence-corrected chi connectivity index (χ4v) is 15.1. The van der Waals surface area contributed by atoms with Gasteiger partial charge in [-0.1, -0.05) is 148 Å². The lowest BCUT2D eigenvalue weighted by molar-refractivity contribution is 0.0426. The molecule has 0 amide bonds. The average molecular weight is 868 g/mol. The van der Waals surface area contributed by atoms with Crippen molar-refractivity contribution in [3.05, 3.63) is 198 Å². The molecule has 67 heavy (non-hydrogen) atoms. The van der Waals surface area contributed by atoms with E-state index in [9.17, 15) is 0 Å². The van der Waals surface area contributed by atoms with Crippen LogP contribution in [-0.2, 0) is 10.8 Å². The van der Waals surface area contributed by atoms with Gasteiger partial charge in [-0.2, -0.15) is 0 Å². The zero-order valence-corrected chi connectivity index (χ0v) is 38.8. The summed E-state index contributed by atoms with van der Waals surface area (Å²) < 4.78 is 6.68. The highest BCUT2D eigenvalue weighted by Gasteiger charge is 2.56. The first-order valence-corrected chi connectivity index (χ1v) is 25.4. The summed E-state index contributed by atoms with van der Waals surface area (Å²) in [4.78, 5) is 2.48. The van der Waals surface area contributed by atoms with E-state index in [0.717, 1.165) is 45.1 Å². The number of anilines is 3. The van der Waals surface area contributed by atoms with Gasteiger partial charge in [0.25, 0.3) is 0 Å². The molecule has 328 valence electrons. The molecule has 2 spiro atoms. The maximum atomic E-state index is 6.68. The van der Waals surface area contributed by atoms with Crippen LogP contribution in [0.25, 0.3) is 66.4 Å². The number of fused-ring (bicyclic) bond motifs is 16. The molecule has 3 saturated carbocycles. The number of furan rings is 1. The number of rotatable bonds is 5. The maximum Gasteiger partial charge on any atom is 0.135 e. The SMILES string of the molecule is C[C@@H]1CC2CC(C1)[C@@]1(c3ccccc3-c3ccc(-c4ccc5oc6ccc(N(c7ccc(-c8ccccc8)cc7)c7ccc8c(c7)C7(CCCCC7)c7ccccc7-8)cc6c5c4)cc31)[C@@H](C)C2. The zero-order valence-electron chi connectivity index (χ0n) is 38.8. The Morgan fingerprint density at radius 2 is 1.01 bits per heavy atom. The molecule has 5 aliphatic rings. The van der Waals surface area contributed by atoms with Gasteiger partial charge in [-0.15, -0.1) is 0 Å². The highest BCUT2D eigenvalue weighted by Crippen LogP contribution is 2.65. The van der Waals surface area contributed by atoms with E-state index < -0.39 is 0 Å². The minimum Gasteiger partial charge on any atom is -0.456 e. The number of hydrogen-bond donors (Lipinski definition) is 0. The lowest BCUT2D eigenvalue weighted by Crippen LogP contribution is -2.49. The summed E-state index contributed by atoms with van der Waals surface area (Å²) >= 11 is 0. The van der Waals surface area contributed by atoms with Crippen LogP contribution in [-0.4, -0.2) is 0 Å². The molecule has 5 atom stereocenters. The predicted octanol–water partition coefficient (Wildman–Crippen LogP) is 18.0. The van der Waals surface area contributed by atoms with Crippen molar-refractivity contribution in [2.75, 3.05) is 4.90 Å². The second-order valence-corrected chi connectivity index (χ2v) is 21.3. The normalized spacial score (nSPS) is 23.0. The second-order valence-electron chi connectivity index (χ2n) is 21.3. The Bertz CT molecular complexity index is 3400. The summed E-state index contributed by atoms with van der Waals surface area (Å²) in [5.74, 6) is 2.92. The molecule has 0 aliphatic heterocycles. The van der Waals surface area contributed by atoms with Gasteiger partial charge >= 0.3 is 0 Å². The summed E-state index contributed by atoms with van der Waals surface area (Å²) in [7, 11) is 0. The van der Waals surface area contributed by atoms with Crippen LogP contribution in [0.3, 0.4) is 0 Å². The first kappa shape index (κ1) is 39.5. The highest BCUT2D eigenvalue weighted by atomic mass is 16.3. The molecule has 2 nitrogen and oxygen atoms in total. The van der Waals surface area contributed by atoms with Gasteiger partial charge in [-0.25, -0.2) is 0 Å². The van der Waals surface area contributed by atoms with Gasteiger partial charge in [-0.3, -0.25) is 0 Å². The van der Waals surface area contributed by atoms with Crippen LogP contribution >= 0.6 is 0 Å².